The fraction of sp³-hybridized carbons (Fsp3) is 0.235. The third kappa shape index (κ3) is 3.31. The van der Waals surface area contributed by atoms with E-state index in [4.69, 9.17) is 23.7 Å². The van der Waals surface area contributed by atoms with E-state index in [0.717, 1.165) is 0 Å². The summed E-state index contributed by atoms with van der Waals surface area (Å²) in [5.41, 5.74) is 0. The molecule has 0 N–H and O–H groups in total. The lowest BCUT2D eigenvalue weighted by Crippen LogP contribution is -2.39. The van der Waals surface area contributed by atoms with Gasteiger partial charge in [-0.15, -0.1) is 0 Å². The number of carbonyl (C=O) groups is 1. The van der Waals surface area contributed by atoms with Crippen LogP contribution in [0.5, 0.6) is 28.7 Å². The smallest absolute Gasteiger partial charge is 0.356 e. The fourth-order valence-electron chi connectivity index (χ4n) is 2.16. The monoisotopic (exact) mass is 316 g/mol. The van der Waals surface area contributed by atoms with Gasteiger partial charge in [0.25, 0.3) is 0 Å². The number of ether oxygens (including phenoxy) is 5. The van der Waals surface area contributed by atoms with Crippen LogP contribution in [0.15, 0.2) is 42.5 Å². The molecule has 0 unspecified atom stereocenters. The molecule has 0 aliphatic carbocycles. The molecule has 6 nitrogen and oxygen atoms in total. The zero-order valence-electron chi connectivity index (χ0n) is 12.8. The van der Waals surface area contributed by atoms with Crippen molar-refractivity contribution < 1.29 is 28.5 Å². The molecule has 0 amide bonds. The third-order valence-electron chi connectivity index (χ3n) is 3.31. The molecule has 0 spiro atoms. The van der Waals surface area contributed by atoms with Crippen LogP contribution in [0.25, 0.3) is 0 Å². The Morgan fingerprint density at radius 3 is 2.26 bits per heavy atom. The van der Waals surface area contributed by atoms with Crippen molar-refractivity contribution >= 4 is 5.97 Å². The SMILES string of the molecule is COc1cc(OC)cc(OC(=O)[C@@H]2COc3ccccc3O2)c1. The third-order valence-corrected chi connectivity index (χ3v) is 3.31. The molecule has 0 fully saturated rings. The van der Waals surface area contributed by atoms with E-state index in [2.05, 4.69) is 0 Å². The van der Waals surface area contributed by atoms with E-state index in [-0.39, 0.29) is 6.61 Å². The minimum absolute atomic E-state index is 0.0942. The lowest BCUT2D eigenvalue weighted by molar-refractivity contribution is -0.144. The topological polar surface area (TPSA) is 63.2 Å². The standard InChI is InChI=1S/C17H16O6/c1-19-11-7-12(20-2)9-13(8-11)22-17(18)16-10-21-14-5-3-4-6-15(14)23-16/h3-9,16H,10H2,1-2H3/t16-/m0/s1. The molecular formula is C17H16O6. The van der Waals surface area contributed by atoms with E-state index in [1.165, 1.54) is 14.2 Å². The minimum atomic E-state index is -0.831. The molecule has 1 heterocycles. The average Bonchev–Trinajstić information content (AvgIpc) is 2.60. The highest BCUT2D eigenvalue weighted by molar-refractivity contribution is 5.78. The molecule has 0 saturated heterocycles. The van der Waals surface area contributed by atoms with Gasteiger partial charge in [-0.25, -0.2) is 4.79 Å². The van der Waals surface area contributed by atoms with Crippen LogP contribution in [0.3, 0.4) is 0 Å². The predicted octanol–water partition coefficient (Wildman–Crippen LogP) is 2.45. The number of hydrogen-bond donors (Lipinski definition) is 0. The molecule has 2 aromatic carbocycles. The van der Waals surface area contributed by atoms with E-state index >= 15 is 0 Å². The second-order valence-electron chi connectivity index (χ2n) is 4.83. The summed E-state index contributed by atoms with van der Waals surface area (Å²) in [7, 11) is 3.05. The van der Waals surface area contributed by atoms with Crippen molar-refractivity contribution in [2.45, 2.75) is 6.10 Å². The molecule has 0 aromatic heterocycles. The number of fused-ring (bicyclic) bond motifs is 1. The molecule has 0 bridgehead atoms. The first-order valence-corrected chi connectivity index (χ1v) is 7.03. The largest absolute Gasteiger partial charge is 0.496 e. The Balaban J connectivity index is 1.73. The van der Waals surface area contributed by atoms with Gasteiger partial charge in [0.1, 0.15) is 23.9 Å². The quantitative estimate of drug-likeness (QED) is 0.638. The second kappa shape index (κ2) is 6.48. The Kier molecular flexibility index (Phi) is 4.23. The minimum Gasteiger partial charge on any atom is -0.496 e. The zero-order valence-corrected chi connectivity index (χ0v) is 12.8. The number of benzene rings is 2. The predicted molar refractivity (Wildman–Crippen MR) is 81.5 cm³/mol. The Labute approximate surface area is 133 Å². The summed E-state index contributed by atoms with van der Waals surface area (Å²) in [6.45, 7) is 0.0942. The van der Waals surface area contributed by atoms with Gasteiger partial charge in [-0.05, 0) is 12.1 Å². The van der Waals surface area contributed by atoms with Crippen LogP contribution >= 0.6 is 0 Å². The van der Waals surface area contributed by atoms with Crippen molar-refractivity contribution in [1.29, 1.82) is 0 Å². The van der Waals surface area contributed by atoms with Crippen molar-refractivity contribution in [3.63, 3.8) is 0 Å². The number of esters is 1. The van der Waals surface area contributed by atoms with Gasteiger partial charge in [0.05, 0.1) is 14.2 Å². The normalized spacial score (nSPS) is 15.7. The molecular weight excluding hydrogens is 300 g/mol. The molecule has 1 atom stereocenters. The Morgan fingerprint density at radius 2 is 1.61 bits per heavy atom. The number of hydrogen-bond acceptors (Lipinski definition) is 6. The van der Waals surface area contributed by atoms with E-state index < -0.39 is 12.1 Å². The van der Waals surface area contributed by atoms with Crippen molar-refractivity contribution in [2.75, 3.05) is 20.8 Å². The number of carbonyl (C=O) groups excluding carboxylic acids is 1. The first-order chi connectivity index (χ1) is 11.2. The van der Waals surface area contributed by atoms with Crippen LogP contribution in [0.2, 0.25) is 0 Å². The molecule has 0 saturated carbocycles. The lowest BCUT2D eigenvalue weighted by atomic mass is 10.2. The molecule has 1 aliphatic rings. The Bertz CT molecular complexity index is 690. The van der Waals surface area contributed by atoms with Crippen molar-refractivity contribution in [3.05, 3.63) is 42.5 Å². The molecule has 23 heavy (non-hydrogen) atoms. The van der Waals surface area contributed by atoms with Crippen LogP contribution in [0.4, 0.5) is 0 Å². The fourth-order valence-corrected chi connectivity index (χ4v) is 2.16. The van der Waals surface area contributed by atoms with Crippen LogP contribution < -0.4 is 23.7 Å². The molecule has 120 valence electrons. The molecule has 1 aliphatic heterocycles. The Morgan fingerprint density at radius 1 is 1.00 bits per heavy atom. The summed E-state index contributed by atoms with van der Waals surface area (Å²) in [5.74, 6) is 1.95. The van der Waals surface area contributed by atoms with E-state index in [1.54, 1.807) is 30.3 Å². The Hall–Kier alpha value is -2.89. The maximum atomic E-state index is 12.3. The highest BCUT2D eigenvalue weighted by Gasteiger charge is 2.29. The first-order valence-electron chi connectivity index (χ1n) is 7.03. The summed E-state index contributed by atoms with van der Waals surface area (Å²) < 4.78 is 26.8. The molecule has 2 aromatic rings. The van der Waals surface area contributed by atoms with Gasteiger partial charge in [-0.1, -0.05) is 12.1 Å². The summed E-state index contributed by atoms with van der Waals surface area (Å²) in [6.07, 6.45) is -0.831. The summed E-state index contributed by atoms with van der Waals surface area (Å²) in [6, 6.07) is 12.0. The van der Waals surface area contributed by atoms with E-state index in [1.807, 2.05) is 12.1 Å². The lowest BCUT2D eigenvalue weighted by Gasteiger charge is -2.24. The average molecular weight is 316 g/mol. The van der Waals surface area contributed by atoms with Gasteiger partial charge >= 0.3 is 5.97 Å². The summed E-state index contributed by atoms with van der Waals surface area (Å²) >= 11 is 0. The van der Waals surface area contributed by atoms with Gasteiger partial charge in [0, 0.05) is 18.2 Å². The van der Waals surface area contributed by atoms with Crippen molar-refractivity contribution in [3.8, 4) is 28.7 Å². The van der Waals surface area contributed by atoms with E-state index in [9.17, 15) is 4.79 Å². The van der Waals surface area contributed by atoms with Gasteiger partial charge in [-0.2, -0.15) is 0 Å². The summed E-state index contributed by atoms with van der Waals surface area (Å²) in [5, 5.41) is 0. The van der Waals surface area contributed by atoms with E-state index in [0.29, 0.717) is 28.7 Å². The number of rotatable bonds is 4. The summed E-state index contributed by atoms with van der Waals surface area (Å²) in [4.78, 5) is 12.3. The van der Waals surface area contributed by atoms with Gasteiger partial charge in [0.2, 0.25) is 6.10 Å². The maximum Gasteiger partial charge on any atom is 0.356 e. The van der Waals surface area contributed by atoms with Gasteiger partial charge in [-0.3, -0.25) is 0 Å². The van der Waals surface area contributed by atoms with Crippen LogP contribution in [-0.2, 0) is 4.79 Å². The second-order valence-corrected chi connectivity index (χ2v) is 4.83. The van der Waals surface area contributed by atoms with Crippen molar-refractivity contribution in [2.24, 2.45) is 0 Å². The number of para-hydroxylation sites is 2. The zero-order chi connectivity index (χ0) is 16.2. The molecule has 3 rings (SSSR count). The van der Waals surface area contributed by atoms with Crippen LogP contribution in [0.1, 0.15) is 0 Å². The molecule has 6 heteroatoms. The first kappa shape index (κ1) is 15.0. The maximum absolute atomic E-state index is 12.3. The van der Waals surface area contributed by atoms with Crippen LogP contribution in [-0.4, -0.2) is 32.9 Å². The van der Waals surface area contributed by atoms with Gasteiger partial charge in [0.15, 0.2) is 11.5 Å². The number of methoxy groups -OCH3 is 2. The highest BCUT2D eigenvalue weighted by atomic mass is 16.6. The van der Waals surface area contributed by atoms with Crippen LogP contribution in [0, 0.1) is 0 Å². The highest BCUT2D eigenvalue weighted by Crippen LogP contribution is 2.32. The van der Waals surface area contributed by atoms with Crippen molar-refractivity contribution in [1.82, 2.24) is 0 Å². The molecule has 0 radical (unpaired) electrons. The van der Waals surface area contributed by atoms with Gasteiger partial charge < -0.3 is 23.7 Å².